The molecular weight excluding hydrogens is 749 g/mol. The molecule has 4 rings (SSSR count). The molecule has 0 aliphatic heterocycles. The molecule has 262 valence electrons. The average molecular weight is 785 g/mol. The predicted octanol–water partition coefficient (Wildman–Crippen LogP) is 10.6. The first kappa shape index (κ1) is 38.9. The van der Waals surface area contributed by atoms with Gasteiger partial charge in [-0.25, -0.2) is 19.2 Å². The Balaban J connectivity index is 1.53. The zero-order valence-electron chi connectivity index (χ0n) is 26.8. The number of esters is 4. The molecule has 0 N–H and O–H groups in total. The highest BCUT2D eigenvalue weighted by molar-refractivity contribution is 6.47. The van der Waals surface area contributed by atoms with Crippen molar-refractivity contribution in [2.75, 3.05) is 13.2 Å². The molecule has 2 fully saturated rings. The van der Waals surface area contributed by atoms with Crippen LogP contribution in [0.4, 0.5) is 0 Å². The van der Waals surface area contributed by atoms with Crippen molar-refractivity contribution in [1.82, 2.24) is 0 Å². The third-order valence-electron chi connectivity index (χ3n) is 8.20. The first-order chi connectivity index (χ1) is 22.6. The summed E-state index contributed by atoms with van der Waals surface area (Å²) in [5, 5.41) is -1.43. The van der Waals surface area contributed by atoms with Gasteiger partial charge in [0.25, 0.3) is 0 Å². The van der Waals surface area contributed by atoms with Crippen molar-refractivity contribution < 1.29 is 38.1 Å². The van der Waals surface area contributed by atoms with Gasteiger partial charge < -0.3 is 18.9 Å². The molecule has 14 heteroatoms. The van der Waals surface area contributed by atoms with Gasteiger partial charge in [0, 0.05) is 0 Å². The van der Waals surface area contributed by atoms with Crippen molar-refractivity contribution in [2.24, 2.45) is 35.5 Å². The fourth-order valence-corrected chi connectivity index (χ4v) is 7.08. The largest absolute Gasteiger partial charge is 0.462 e. The lowest BCUT2D eigenvalue weighted by molar-refractivity contribution is -0.156. The SMILES string of the molecule is CC(C)CC(COC(=O)c1c(Cl)c(Cl)cc(Cl)c1OC(=O)C(=O)Oc1c(Cl)cc(Cl)c(Cl)c1C(=O)OCC(CC(C)C)C1CC1)C1CC1. The summed E-state index contributed by atoms with van der Waals surface area (Å²) < 4.78 is 21.6. The average Bonchev–Trinajstić information content (AvgIpc) is 3.92. The molecule has 2 atom stereocenters. The second kappa shape index (κ2) is 16.8. The molecule has 2 aromatic rings. The van der Waals surface area contributed by atoms with Gasteiger partial charge in [0.2, 0.25) is 0 Å². The van der Waals surface area contributed by atoms with Gasteiger partial charge in [-0.15, -0.1) is 0 Å². The molecule has 0 aromatic heterocycles. The van der Waals surface area contributed by atoms with Crippen molar-refractivity contribution >= 4 is 93.5 Å². The van der Waals surface area contributed by atoms with Gasteiger partial charge >= 0.3 is 23.9 Å². The van der Waals surface area contributed by atoms with Crippen LogP contribution in [0.1, 0.15) is 86.9 Å². The molecule has 48 heavy (non-hydrogen) atoms. The van der Waals surface area contributed by atoms with E-state index in [0.717, 1.165) is 50.7 Å². The predicted molar refractivity (Wildman–Crippen MR) is 186 cm³/mol. The maximum absolute atomic E-state index is 13.3. The summed E-state index contributed by atoms with van der Waals surface area (Å²) in [7, 11) is 0. The first-order valence-electron chi connectivity index (χ1n) is 15.7. The molecule has 0 spiro atoms. The standard InChI is InChI=1S/C34H36Cl6O8/c1-15(2)9-19(17-5-6-17)13-45-31(41)25-27(39)21(35)11-23(37)29(25)47-33(43)34(44)48-30-24(38)12-22(36)28(40)26(30)32(42)46-14-20(10-16(3)4)18-7-8-18/h11-12,15-20H,5-10,13-14H2,1-4H3. The Kier molecular flexibility index (Phi) is 13.6. The molecule has 2 aromatic carbocycles. The highest BCUT2D eigenvalue weighted by Gasteiger charge is 2.36. The lowest BCUT2D eigenvalue weighted by atomic mass is 9.93. The normalized spacial score (nSPS) is 15.7. The molecule has 0 bridgehead atoms. The van der Waals surface area contributed by atoms with E-state index in [1.807, 2.05) is 0 Å². The number of benzene rings is 2. The first-order valence-corrected chi connectivity index (χ1v) is 18.0. The molecule has 0 saturated heterocycles. The van der Waals surface area contributed by atoms with E-state index >= 15 is 0 Å². The van der Waals surface area contributed by atoms with E-state index in [9.17, 15) is 19.2 Å². The van der Waals surface area contributed by atoms with Crippen LogP contribution >= 0.6 is 69.6 Å². The van der Waals surface area contributed by atoms with Crippen LogP contribution in [-0.4, -0.2) is 37.1 Å². The van der Waals surface area contributed by atoms with E-state index in [0.29, 0.717) is 23.7 Å². The summed E-state index contributed by atoms with van der Waals surface area (Å²) in [4.78, 5) is 52.7. The van der Waals surface area contributed by atoms with E-state index in [4.69, 9.17) is 88.6 Å². The smallest absolute Gasteiger partial charge is 0.423 e. The van der Waals surface area contributed by atoms with Crippen molar-refractivity contribution in [3.8, 4) is 11.5 Å². The molecule has 2 unspecified atom stereocenters. The third-order valence-corrected chi connectivity index (χ3v) is 10.3. The highest BCUT2D eigenvalue weighted by atomic mass is 35.5. The minimum absolute atomic E-state index is 0.102. The van der Waals surface area contributed by atoms with Crippen LogP contribution < -0.4 is 9.47 Å². The van der Waals surface area contributed by atoms with Crippen LogP contribution in [0.15, 0.2) is 12.1 Å². The minimum Gasteiger partial charge on any atom is -0.462 e. The molecule has 0 heterocycles. The third kappa shape index (κ3) is 10.1. The van der Waals surface area contributed by atoms with Crippen LogP contribution in [0, 0.1) is 35.5 Å². The molecular formula is C34H36Cl6O8. The van der Waals surface area contributed by atoms with Crippen molar-refractivity contribution in [3.05, 3.63) is 53.4 Å². The second-order valence-electron chi connectivity index (χ2n) is 13.1. The van der Waals surface area contributed by atoms with Crippen molar-refractivity contribution in [2.45, 2.75) is 66.2 Å². The molecule has 2 saturated carbocycles. The Morgan fingerprint density at radius 3 is 1.23 bits per heavy atom. The lowest BCUT2D eigenvalue weighted by Crippen LogP contribution is -2.28. The summed E-state index contributed by atoms with van der Waals surface area (Å²) in [6, 6.07) is 2.28. The second-order valence-corrected chi connectivity index (χ2v) is 15.5. The summed E-state index contributed by atoms with van der Waals surface area (Å²) in [6.07, 6.45) is 5.88. The Morgan fingerprint density at radius 2 is 0.938 bits per heavy atom. The number of carbonyl (C=O) groups excluding carboxylic acids is 4. The molecule has 0 amide bonds. The zero-order chi connectivity index (χ0) is 35.4. The van der Waals surface area contributed by atoms with Gasteiger partial charge in [0.05, 0.1) is 43.3 Å². The molecule has 2 aliphatic rings. The number of hydrogen-bond acceptors (Lipinski definition) is 8. The maximum Gasteiger partial charge on any atom is 0.423 e. The topological polar surface area (TPSA) is 105 Å². The van der Waals surface area contributed by atoms with Gasteiger partial charge in [-0.1, -0.05) is 97.3 Å². The number of halogens is 6. The van der Waals surface area contributed by atoms with Gasteiger partial charge in [-0.2, -0.15) is 0 Å². The number of hydrogen-bond donors (Lipinski definition) is 0. The van der Waals surface area contributed by atoms with E-state index in [2.05, 4.69) is 27.7 Å². The van der Waals surface area contributed by atoms with Crippen LogP contribution in [0.5, 0.6) is 11.5 Å². The number of ether oxygens (including phenoxy) is 4. The van der Waals surface area contributed by atoms with Crippen molar-refractivity contribution in [1.29, 1.82) is 0 Å². The van der Waals surface area contributed by atoms with Gasteiger partial charge in [-0.3, -0.25) is 0 Å². The fourth-order valence-electron chi connectivity index (χ4n) is 5.64. The number of carbonyl (C=O) groups is 4. The Labute approximate surface area is 309 Å². The van der Waals surface area contributed by atoms with Gasteiger partial charge in [0.15, 0.2) is 11.5 Å². The summed E-state index contributed by atoms with van der Waals surface area (Å²) in [6.45, 7) is 8.53. The zero-order valence-corrected chi connectivity index (χ0v) is 31.3. The molecule has 8 nitrogen and oxygen atoms in total. The van der Waals surface area contributed by atoms with E-state index < -0.39 is 46.5 Å². The monoisotopic (exact) mass is 782 g/mol. The van der Waals surface area contributed by atoms with Crippen LogP contribution in [0.2, 0.25) is 30.1 Å². The van der Waals surface area contributed by atoms with Crippen LogP contribution in [0.25, 0.3) is 0 Å². The number of rotatable bonds is 14. The van der Waals surface area contributed by atoms with Crippen molar-refractivity contribution in [3.63, 3.8) is 0 Å². The Bertz CT molecular complexity index is 1450. The Hall–Kier alpha value is -1.94. The Morgan fingerprint density at radius 1 is 0.604 bits per heavy atom. The quantitative estimate of drug-likeness (QED) is 0.0807. The maximum atomic E-state index is 13.3. The summed E-state index contributed by atoms with van der Waals surface area (Å²) >= 11 is 37.7. The fraction of sp³-hybridized carbons (Fsp3) is 0.529. The van der Waals surface area contributed by atoms with Gasteiger partial charge in [0.1, 0.15) is 11.1 Å². The summed E-state index contributed by atoms with van der Waals surface area (Å²) in [5.41, 5.74) is -0.893. The van der Waals surface area contributed by atoms with E-state index in [1.54, 1.807) is 0 Å². The minimum atomic E-state index is -1.63. The van der Waals surface area contributed by atoms with E-state index in [1.165, 1.54) is 0 Å². The van der Waals surface area contributed by atoms with Crippen LogP contribution in [-0.2, 0) is 19.1 Å². The van der Waals surface area contributed by atoms with Gasteiger partial charge in [-0.05, 0) is 86.2 Å². The highest BCUT2D eigenvalue weighted by Crippen LogP contribution is 2.44. The summed E-state index contributed by atoms with van der Waals surface area (Å²) in [5.74, 6) is -4.37. The van der Waals surface area contributed by atoms with Crippen LogP contribution in [0.3, 0.4) is 0 Å². The van der Waals surface area contributed by atoms with E-state index in [-0.39, 0.29) is 55.2 Å². The molecule has 2 aliphatic carbocycles. The molecule has 0 radical (unpaired) electrons. The lowest BCUT2D eigenvalue weighted by Gasteiger charge is -2.20.